The van der Waals surface area contributed by atoms with Crippen molar-refractivity contribution in [1.82, 2.24) is 9.80 Å². The van der Waals surface area contributed by atoms with Crippen LogP contribution < -0.4 is 5.73 Å². The number of nitrogens with zero attached hydrogens (tertiary/aromatic N) is 2. The van der Waals surface area contributed by atoms with E-state index in [0.717, 1.165) is 6.26 Å². The van der Waals surface area contributed by atoms with Crippen molar-refractivity contribution >= 4 is 39.8 Å². The highest BCUT2D eigenvalue weighted by Crippen LogP contribution is 2.21. The standard InChI is InChI=1S/C16H23ClFN3O3S.ClH/c1-25(23,24)10-5-15(19)16(22)21-8-6-20(7-9-21)11-12-13(17)3-2-4-14(12)18;/h2-4,15H,5-11,19H2,1H3;1H. The second-order valence-electron chi connectivity index (χ2n) is 6.33. The van der Waals surface area contributed by atoms with Crippen LogP contribution in [0.25, 0.3) is 0 Å². The molecule has 1 fully saturated rings. The van der Waals surface area contributed by atoms with Gasteiger partial charge in [-0.2, -0.15) is 0 Å². The van der Waals surface area contributed by atoms with Crippen LogP contribution in [0.15, 0.2) is 18.2 Å². The first-order valence-electron chi connectivity index (χ1n) is 8.04. The minimum absolute atomic E-state index is 0. The van der Waals surface area contributed by atoms with Gasteiger partial charge in [-0.1, -0.05) is 17.7 Å². The molecule has 2 rings (SSSR count). The Morgan fingerprint density at radius 2 is 1.92 bits per heavy atom. The lowest BCUT2D eigenvalue weighted by Crippen LogP contribution is -2.53. The third-order valence-electron chi connectivity index (χ3n) is 4.24. The summed E-state index contributed by atoms with van der Waals surface area (Å²) >= 11 is 6.04. The topological polar surface area (TPSA) is 83.7 Å². The first-order valence-corrected chi connectivity index (χ1v) is 10.5. The van der Waals surface area contributed by atoms with Crippen molar-refractivity contribution in [3.05, 3.63) is 34.6 Å². The maximum absolute atomic E-state index is 13.9. The van der Waals surface area contributed by atoms with Gasteiger partial charge in [-0.25, -0.2) is 12.8 Å². The largest absolute Gasteiger partial charge is 0.339 e. The first kappa shape index (κ1) is 23.1. The molecule has 1 unspecified atom stereocenters. The van der Waals surface area contributed by atoms with E-state index in [2.05, 4.69) is 0 Å². The lowest BCUT2D eigenvalue weighted by atomic mass is 10.1. The molecule has 0 spiro atoms. The molecule has 148 valence electrons. The van der Waals surface area contributed by atoms with Crippen LogP contribution in [0.2, 0.25) is 5.02 Å². The van der Waals surface area contributed by atoms with Crippen molar-refractivity contribution in [1.29, 1.82) is 0 Å². The lowest BCUT2D eigenvalue weighted by Gasteiger charge is -2.36. The normalized spacial score (nSPS) is 16.8. The van der Waals surface area contributed by atoms with Gasteiger partial charge >= 0.3 is 0 Å². The molecule has 1 atom stereocenters. The van der Waals surface area contributed by atoms with E-state index in [4.69, 9.17) is 17.3 Å². The van der Waals surface area contributed by atoms with E-state index < -0.39 is 15.9 Å². The van der Waals surface area contributed by atoms with Gasteiger partial charge in [0.15, 0.2) is 0 Å². The number of hydrogen-bond acceptors (Lipinski definition) is 5. The molecule has 0 saturated carbocycles. The van der Waals surface area contributed by atoms with Crippen molar-refractivity contribution in [2.45, 2.75) is 19.0 Å². The maximum Gasteiger partial charge on any atom is 0.239 e. The predicted molar refractivity (Wildman–Crippen MR) is 103 cm³/mol. The van der Waals surface area contributed by atoms with Gasteiger partial charge in [-0.3, -0.25) is 9.69 Å². The van der Waals surface area contributed by atoms with E-state index in [1.807, 2.05) is 4.90 Å². The Bertz CT molecular complexity index is 705. The summed E-state index contributed by atoms with van der Waals surface area (Å²) in [6.07, 6.45) is 1.24. The van der Waals surface area contributed by atoms with Gasteiger partial charge < -0.3 is 10.6 Å². The molecule has 1 heterocycles. The Balaban J connectivity index is 0.00000338. The molecule has 0 aromatic heterocycles. The average Bonchev–Trinajstić information content (AvgIpc) is 2.55. The molecule has 0 radical (unpaired) electrons. The van der Waals surface area contributed by atoms with Gasteiger partial charge in [0.25, 0.3) is 0 Å². The SMILES string of the molecule is CS(=O)(=O)CCC(N)C(=O)N1CCN(Cc2c(F)cccc2Cl)CC1.Cl. The Kier molecular flexibility index (Phi) is 8.75. The summed E-state index contributed by atoms with van der Waals surface area (Å²) in [7, 11) is -3.14. The van der Waals surface area contributed by atoms with Crippen molar-refractivity contribution in [2.75, 3.05) is 38.2 Å². The van der Waals surface area contributed by atoms with Crippen LogP contribution in [-0.4, -0.2) is 68.4 Å². The van der Waals surface area contributed by atoms with Crippen LogP contribution in [0.4, 0.5) is 4.39 Å². The van der Waals surface area contributed by atoms with Gasteiger partial charge in [0.2, 0.25) is 5.91 Å². The highest BCUT2D eigenvalue weighted by molar-refractivity contribution is 7.90. The molecule has 1 aromatic rings. The number of hydrogen-bond donors (Lipinski definition) is 1. The molecule has 1 aliphatic rings. The Morgan fingerprint density at radius 3 is 2.46 bits per heavy atom. The minimum Gasteiger partial charge on any atom is -0.339 e. The summed E-state index contributed by atoms with van der Waals surface area (Å²) in [5.41, 5.74) is 6.27. The molecule has 6 nitrogen and oxygen atoms in total. The quantitative estimate of drug-likeness (QED) is 0.739. The number of carbonyl (C=O) groups excluding carboxylic acids is 1. The van der Waals surface area contributed by atoms with Crippen molar-refractivity contribution in [3.8, 4) is 0 Å². The van der Waals surface area contributed by atoms with Crippen LogP contribution in [0.3, 0.4) is 0 Å². The van der Waals surface area contributed by atoms with E-state index >= 15 is 0 Å². The Hall–Kier alpha value is -0.930. The molecular formula is C16H24Cl2FN3O3S. The zero-order valence-electron chi connectivity index (χ0n) is 14.5. The van der Waals surface area contributed by atoms with E-state index in [0.29, 0.717) is 43.3 Å². The smallest absolute Gasteiger partial charge is 0.239 e. The molecule has 0 aliphatic carbocycles. The average molecular weight is 428 g/mol. The number of amides is 1. The van der Waals surface area contributed by atoms with Crippen molar-refractivity contribution < 1.29 is 17.6 Å². The number of halogens is 3. The second kappa shape index (κ2) is 9.85. The van der Waals surface area contributed by atoms with Crippen LogP contribution in [0.1, 0.15) is 12.0 Å². The van der Waals surface area contributed by atoms with Crippen LogP contribution >= 0.6 is 24.0 Å². The van der Waals surface area contributed by atoms with Crippen LogP contribution in [-0.2, 0) is 21.2 Å². The predicted octanol–water partition coefficient (Wildman–Crippen LogP) is 1.31. The maximum atomic E-state index is 13.9. The fourth-order valence-electron chi connectivity index (χ4n) is 2.73. The number of benzene rings is 1. The molecule has 0 bridgehead atoms. The third-order valence-corrected chi connectivity index (χ3v) is 5.58. The van der Waals surface area contributed by atoms with Gasteiger partial charge in [0.1, 0.15) is 15.7 Å². The van der Waals surface area contributed by atoms with Gasteiger partial charge in [0.05, 0.1) is 11.8 Å². The fourth-order valence-corrected chi connectivity index (χ4v) is 3.64. The summed E-state index contributed by atoms with van der Waals surface area (Å²) in [6, 6.07) is 3.78. The van der Waals surface area contributed by atoms with Crippen LogP contribution in [0, 0.1) is 5.82 Å². The van der Waals surface area contributed by atoms with E-state index in [1.54, 1.807) is 17.0 Å². The summed E-state index contributed by atoms with van der Waals surface area (Å²) in [5.74, 6) is -0.688. The van der Waals surface area contributed by atoms with Gasteiger partial charge in [0, 0.05) is 49.6 Å². The third kappa shape index (κ3) is 6.66. The van der Waals surface area contributed by atoms with Gasteiger partial charge in [-0.15, -0.1) is 12.4 Å². The monoisotopic (exact) mass is 427 g/mol. The summed E-state index contributed by atoms with van der Waals surface area (Å²) in [4.78, 5) is 15.9. The summed E-state index contributed by atoms with van der Waals surface area (Å²) in [5, 5.41) is 0.390. The zero-order chi connectivity index (χ0) is 18.6. The van der Waals surface area contributed by atoms with E-state index in [9.17, 15) is 17.6 Å². The molecule has 26 heavy (non-hydrogen) atoms. The number of nitrogens with two attached hydrogens (primary N) is 1. The summed E-state index contributed by atoms with van der Waals surface area (Å²) in [6.45, 7) is 2.48. The number of rotatable bonds is 6. The molecule has 1 aliphatic heterocycles. The second-order valence-corrected chi connectivity index (χ2v) is 8.99. The fraction of sp³-hybridized carbons (Fsp3) is 0.562. The molecule has 1 aromatic carbocycles. The Morgan fingerprint density at radius 1 is 1.31 bits per heavy atom. The molecule has 10 heteroatoms. The number of sulfone groups is 1. The van der Waals surface area contributed by atoms with Gasteiger partial charge in [-0.05, 0) is 18.6 Å². The highest BCUT2D eigenvalue weighted by atomic mass is 35.5. The number of piperazine rings is 1. The lowest BCUT2D eigenvalue weighted by molar-refractivity contribution is -0.134. The van der Waals surface area contributed by atoms with Crippen molar-refractivity contribution in [2.24, 2.45) is 5.73 Å². The first-order chi connectivity index (χ1) is 11.7. The summed E-state index contributed by atoms with van der Waals surface area (Å²) < 4.78 is 36.2. The van der Waals surface area contributed by atoms with Crippen molar-refractivity contribution in [3.63, 3.8) is 0 Å². The zero-order valence-corrected chi connectivity index (χ0v) is 16.9. The minimum atomic E-state index is -3.14. The van der Waals surface area contributed by atoms with E-state index in [1.165, 1.54) is 6.07 Å². The molecule has 1 amide bonds. The highest BCUT2D eigenvalue weighted by Gasteiger charge is 2.26. The Labute approximate surface area is 164 Å². The molecular weight excluding hydrogens is 404 g/mol. The molecule has 1 saturated heterocycles. The number of carbonyl (C=O) groups is 1. The van der Waals surface area contributed by atoms with Crippen LogP contribution in [0.5, 0.6) is 0 Å². The van der Waals surface area contributed by atoms with E-state index in [-0.39, 0.29) is 36.3 Å². The molecule has 2 N–H and O–H groups in total.